The monoisotopic (exact) mass is 242 g/mol. The maximum atomic E-state index is 11.6. The molecule has 92 valence electrons. The molecule has 0 spiro atoms. The number of rotatable bonds is 3. The van der Waals surface area contributed by atoms with Gasteiger partial charge in [-0.1, -0.05) is 24.3 Å². The minimum atomic E-state index is -0.319. The lowest BCUT2D eigenvalue weighted by atomic mass is 10.1. The second kappa shape index (κ2) is 5.27. The predicted molar refractivity (Wildman–Crippen MR) is 69.4 cm³/mol. The first-order chi connectivity index (χ1) is 8.66. The highest BCUT2D eigenvalue weighted by Crippen LogP contribution is 2.03. The van der Waals surface area contributed by atoms with Gasteiger partial charge in [0.25, 0.3) is 5.91 Å². The van der Waals surface area contributed by atoms with Gasteiger partial charge < -0.3 is 0 Å². The first kappa shape index (κ1) is 12.0. The molecule has 1 N–H and O–H groups in total. The fourth-order valence-electron chi connectivity index (χ4n) is 1.49. The van der Waals surface area contributed by atoms with Gasteiger partial charge in [-0.3, -0.25) is 9.48 Å². The van der Waals surface area contributed by atoms with E-state index in [-0.39, 0.29) is 5.91 Å². The highest BCUT2D eigenvalue weighted by atomic mass is 16.2. The number of nitrogens with zero attached hydrogens (tertiary/aromatic N) is 3. The van der Waals surface area contributed by atoms with Crippen molar-refractivity contribution < 1.29 is 4.79 Å². The van der Waals surface area contributed by atoms with Crippen LogP contribution in [0.1, 0.15) is 21.6 Å². The number of benzene rings is 1. The Bertz CT molecular complexity index is 586. The van der Waals surface area contributed by atoms with Gasteiger partial charge in [-0.15, -0.1) is 0 Å². The highest BCUT2D eigenvalue weighted by molar-refractivity contribution is 5.93. The number of carbonyl (C=O) groups excluding carboxylic acids is 1. The molecule has 0 atom stereocenters. The molecule has 1 heterocycles. The maximum absolute atomic E-state index is 11.6. The van der Waals surface area contributed by atoms with Crippen molar-refractivity contribution in [3.63, 3.8) is 0 Å². The molecule has 0 bridgehead atoms. The predicted octanol–water partition coefficient (Wildman–Crippen LogP) is 1.49. The molecular weight excluding hydrogens is 228 g/mol. The van der Waals surface area contributed by atoms with Gasteiger partial charge in [-0.2, -0.15) is 10.2 Å². The lowest BCUT2D eigenvalue weighted by molar-refractivity contribution is 0.0949. The Kier molecular flexibility index (Phi) is 3.52. The minimum Gasteiger partial charge on any atom is -0.275 e. The summed E-state index contributed by atoms with van der Waals surface area (Å²) < 4.78 is 1.57. The zero-order valence-electron chi connectivity index (χ0n) is 10.3. The average Bonchev–Trinajstić information content (AvgIpc) is 2.78. The van der Waals surface area contributed by atoms with E-state index in [1.807, 2.05) is 31.2 Å². The van der Waals surface area contributed by atoms with Crippen LogP contribution in [0.15, 0.2) is 41.6 Å². The molecule has 18 heavy (non-hydrogen) atoms. The summed E-state index contributed by atoms with van der Waals surface area (Å²) in [6, 6.07) is 9.44. The summed E-state index contributed by atoms with van der Waals surface area (Å²) in [4.78, 5) is 11.6. The van der Waals surface area contributed by atoms with Crippen LogP contribution in [0, 0.1) is 6.92 Å². The van der Waals surface area contributed by atoms with E-state index < -0.39 is 0 Å². The number of hydrazone groups is 1. The molecule has 0 unspecified atom stereocenters. The Morgan fingerprint density at radius 1 is 1.39 bits per heavy atom. The first-order valence-electron chi connectivity index (χ1n) is 5.55. The number of carbonyl (C=O) groups is 1. The van der Waals surface area contributed by atoms with E-state index in [0.29, 0.717) is 5.69 Å². The third kappa shape index (κ3) is 2.82. The van der Waals surface area contributed by atoms with Crippen LogP contribution < -0.4 is 5.43 Å². The Morgan fingerprint density at radius 3 is 2.83 bits per heavy atom. The highest BCUT2D eigenvalue weighted by Gasteiger charge is 2.06. The van der Waals surface area contributed by atoms with Crippen molar-refractivity contribution in [2.45, 2.75) is 6.92 Å². The average molecular weight is 242 g/mol. The van der Waals surface area contributed by atoms with Crippen LogP contribution in [0.2, 0.25) is 0 Å². The number of nitrogens with one attached hydrogen (secondary N) is 1. The molecule has 1 amide bonds. The number of aromatic nitrogens is 2. The van der Waals surface area contributed by atoms with E-state index in [2.05, 4.69) is 15.6 Å². The lowest BCUT2D eigenvalue weighted by Gasteiger charge is -1.98. The summed E-state index contributed by atoms with van der Waals surface area (Å²) in [5.74, 6) is -0.319. The van der Waals surface area contributed by atoms with Crippen LogP contribution in [0.3, 0.4) is 0 Å². The smallest absolute Gasteiger partial charge is 0.275 e. The van der Waals surface area contributed by atoms with E-state index in [9.17, 15) is 4.79 Å². The van der Waals surface area contributed by atoms with E-state index in [1.165, 1.54) is 0 Å². The van der Waals surface area contributed by atoms with Crippen LogP contribution >= 0.6 is 0 Å². The molecule has 5 nitrogen and oxygen atoms in total. The molecule has 1 aromatic heterocycles. The normalized spacial score (nSPS) is 10.8. The van der Waals surface area contributed by atoms with E-state index in [1.54, 1.807) is 30.2 Å². The van der Waals surface area contributed by atoms with Gasteiger partial charge in [0.2, 0.25) is 0 Å². The second-order valence-corrected chi connectivity index (χ2v) is 3.93. The third-order valence-electron chi connectivity index (χ3n) is 2.50. The molecule has 5 heteroatoms. The Morgan fingerprint density at radius 2 is 2.17 bits per heavy atom. The largest absolute Gasteiger partial charge is 0.291 e. The van der Waals surface area contributed by atoms with Crippen LogP contribution in [0.25, 0.3) is 0 Å². The van der Waals surface area contributed by atoms with Gasteiger partial charge >= 0.3 is 0 Å². The number of aryl methyl sites for hydroxylation is 2. The number of hydrogen-bond acceptors (Lipinski definition) is 3. The van der Waals surface area contributed by atoms with Crippen molar-refractivity contribution in [1.82, 2.24) is 15.2 Å². The molecule has 1 aromatic carbocycles. The summed E-state index contributed by atoms with van der Waals surface area (Å²) in [7, 11) is 1.76. The fraction of sp³-hybridized carbons (Fsp3) is 0.154. The topological polar surface area (TPSA) is 59.3 Å². The zero-order valence-corrected chi connectivity index (χ0v) is 10.3. The summed E-state index contributed by atoms with van der Waals surface area (Å²) >= 11 is 0. The number of amides is 1. The molecule has 2 rings (SSSR count). The van der Waals surface area contributed by atoms with Crippen molar-refractivity contribution in [1.29, 1.82) is 0 Å². The number of hydrogen-bond donors (Lipinski definition) is 1. The van der Waals surface area contributed by atoms with Gasteiger partial charge in [-0.25, -0.2) is 5.43 Å². The van der Waals surface area contributed by atoms with Crippen molar-refractivity contribution in [2.24, 2.45) is 12.1 Å². The van der Waals surface area contributed by atoms with Crippen LogP contribution in [-0.2, 0) is 7.05 Å². The third-order valence-corrected chi connectivity index (χ3v) is 2.50. The summed E-state index contributed by atoms with van der Waals surface area (Å²) in [5.41, 5.74) is 4.87. The van der Waals surface area contributed by atoms with Crippen LogP contribution in [-0.4, -0.2) is 21.9 Å². The zero-order chi connectivity index (χ0) is 13.0. The maximum Gasteiger partial charge on any atom is 0.291 e. The lowest BCUT2D eigenvalue weighted by Crippen LogP contribution is -2.18. The van der Waals surface area contributed by atoms with Gasteiger partial charge in [0, 0.05) is 13.2 Å². The van der Waals surface area contributed by atoms with Crippen molar-refractivity contribution in [3.05, 3.63) is 53.3 Å². The van der Waals surface area contributed by atoms with E-state index >= 15 is 0 Å². The molecule has 0 aliphatic carbocycles. The van der Waals surface area contributed by atoms with Gasteiger partial charge in [0.05, 0.1) is 6.21 Å². The molecule has 2 aromatic rings. The van der Waals surface area contributed by atoms with Crippen molar-refractivity contribution in [2.75, 3.05) is 0 Å². The molecule has 0 aliphatic heterocycles. The first-order valence-corrected chi connectivity index (χ1v) is 5.55. The summed E-state index contributed by atoms with van der Waals surface area (Å²) in [5, 5.41) is 7.90. The molecule has 0 aliphatic rings. The SMILES string of the molecule is Cc1ccccc1/C=N/NC(=O)c1ccn(C)n1. The second-order valence-electron chi connectivity index (χ2n) is 3.93. The fourth-order valence-corrected chi connectivity index (χ4v) is 1.49. The van der Waals surface area contributed by atoms with Crippen LogP contribution in [0.4, 0.5) is 0 Å². The summed E-state index contributed by atoms with van der Waals surface area (Å²) in [6.07, 6.45) is 3.33. The summed E-state index contributed by atoms with van der Waals surface area (Å²) in [6.45, 7) is 1.99. The van der Waals surface area contributed by atoms with Gasteiger partial charge in [-0.05, 0) is 24.1 Å². The molecular formula is C13H14N4O. The van der Waals surface area contributed by atoms with Crippen molar-refractivity contribution >= 4 is 12.1 Å². The van der Waals surface area contributed by atoms with Gasteiger partial charge in [0.1, 0.15) is 0 Å². The van der Waals surface area contributed by atoms with E-state index in [4.69, 9.17) is 0 Å². The van der Waals surface area contributed by atoms with Crippen molar-refractivity contribution in [3.8, 4) is 0 Å². The molecule has 0 saturated heterocycles. The quantitative estimate of drug-likeness (QED) is 0.655. The van der Waals surface area contributed by atoms with Gasteiger partial charge in [0.15, 0.2) is 5.69 Å². The minimum absolute atomic E-state index is 0.319. The van der Waals surface area contributed by atoms with Crippen LogP contribution in [0.5, 0.6) is 0 Å². The van der Waals surface area contributed by atoms with E-state index in [0.717, 1.165) is 11.1 Å². The molecule has 0 saturated carbocycles. The Balaban J connectivity index is 2.00. The molecule has 0 fully saturated rings. The molecule has 0 radical (unpaired) electrons. The Hall–Kier alpha value is -2.43. The Labute approximate surface area is 105 Å². The standard InChI is InChI=1S/C13H14N4O/c1-10-5-3-4-6-11(10)9-14-15-13(18)12-7-8-17(2)16-12/h3-9H,1-2H3,(H,15,18)/b14-9+.